The highest BCUT2D eigenvalue weighted by Crippen LogP contribution is 2.19. The minimum Gasteiger partial charge on any atom is -0.337 e. The maximum atomic E-state index is 5.91. The van der Waals surface area contributed by atoms with Gasteiger partial charge in [-0.05, 0) is 18.1 Å². The summed E-state index contributed by atoms with van der Waals surface area (Å²) in [7, 11) is 0. The number of hydrogen-bond acceptors (Lipinski definition) is 5. The van der Waals surface area contributed by atoms with E-state index < -0.39 is 0 Å². The van der Waals surface area contributed by atoms with E-state index in [2.05, 4.69) is 15.1 Å². The van der Waals surface area contributed by atoms with Crippen LogP contribution in [0.3, 0.4) is 0 Å². The summed E-state index contributed by atoms with van der Waals surface area (Å²) in [5.41, 5.74) is 6.60. The van der Waals surface area contributed by atoms with Crippen molar-refractivity contribution in [1.29, 1.82) is 0 Å². The second kappa shape index (κ2) is 4.40. The molecule has 2 rings (SSSR count). The van der Waals surface area contributed by atoms with E-state index in [-0.39, 0.29) is 12.0 Å². The van der Waals surface area contributed by atoms with Gasteiger partial charge in [-0.1, -0.05) is 25.1 Å². The highest BCUT2D eigenvalue weighted by Gasteiger charge is 2.18. The fraction of sp³-hybridized carbons (Fsp3) is 0.364. The second-order valence-corrected chi connectivity index (χ2v) is 3.94. The SMILES string of the molecule is CC(C)[C@@H](N)c1nc(-c2ccccn2)no1. The van der Waals surface area contributed by atoms with E-state index in [1.807, 2.05) is 32.0 Å². The molecule has 84 valence electrons. The van der Waals surface area contributed by atoms with Gasteiger partial charge in [-0.25, -0.2) is 0 Å². The molecule has 0 spiro atoms. The Morgan fingerprint density at radius 2 is 2.12 bits per heavy atom. The molecule has 0 fully saturated rings. The normalized spacial score (nSPS) is 13.0. The molecule has 5 heteroatoms. The summed E-state index contributed by atoms with van der Waals surface area (Å²) < 4.78 is 5.12. The van der Waals surface area contributed by atoms with E-state index in [4.69, 9.17) is 10.3 Å². The Labute approximate surface area is 93.7 Å². The van der Waals surface area contributed by atoms with Gasteiger partial charge in [0, 0.05) is 6.20 Å². The van der Waals surface area contributed by atoms with Gasteiger partial charge in [0.25, 0.3) is 0 Å². The molecule has 0 bridgehead atoms. The van der Waals surface area contributed by atoms with Crippen molar-refractivity contribution in [2.24, 2.45) is 11.7 Å². The molecular formula is C11H14N4O. The summed E-state index contributed by atoms with van der Waals surface area (Å²) in [6.45, 7) is 4.02. The lowest BCUT2D eigenvalue weighted by atomic mass is 10.1. The molecule has 2 aromatic heterocycles. The lowest BCUT2D eigenvalue weighted by Gasteiger charge is -2.09. The molecule has 0 aromatic carbocycles. The van der Waals surface area contributed by atoms with Crippen molar-refractivity contribution in [1.82, 2.24) is 15.1 Å². The molecular weight excluding hydrogens is 204 g/mol. The number of aromatic nitrogens is 3. The first-order valence-electron chi connectivity index (χ1n) is 5.19. The molecule has 0 saturated carbocycles. The molecule has 5 nitrogen and oxygen atoms in total. The zero-order valence-corrected chi connectivity index (χ0v) is 9.29. The molecule has 2 heterocycles. The predicted octanol–water partition coefficient (Wildman–Crippen LogP) is 1.79. The molecule has 16 heavy (non-hydrogen) atoms. The number of nitrogens with two attached hydrogens (primary N) is 1. The topological polar surface area (TPSA) is 77.8 Å². The monoisotopic (exact) mass is 218 g/mol. The Morgan fingerprint density at radius 1 is 1.31 bits per heavy atom. The summed E-state index contributed by atoms with van der Waals surface area (Å²) >= 11 is 0. The highest BCUT2D eigenvalue weighted by atomic mass is 16.5. The average Bonchev–Trinajstić information content (AvgIpc) is 2.78. The minimum absolute atomic E-state index is 0.232. The van der Waals surface area contributed by atoms with Crippen molar-refractivity contribution in [3.63, 3.8) is 0 Å². The number of pyridine rings is 1. The molecule has 0 unspecified atom stereocenters. The van der Waals surface area contributed by atoms with Crippen LogP contribution in [0.5, 0.6) is 0 Å². The summed E-state index contributed by atoms with van der Waals surface area (Å²) in [5.74, 6) is 1.19. The summed E-state index contributed by atoms with van der Waals surface area (Å²) in [5, 5.41) is 3.86. The van der Waals surface area contributed by atoms with E-state index in [1.54, 1.807) is 6.20 Å². The van der Waals surface area contributed by atoms with Gasteiger partial charge in [-0.2, -0.15) is 4.98 Å². The van der Waals surface area contributed by atoms with Gasteiger partial charge >= 0.3 is 0 Å². The molecule has 2 aromatic rings. The van der Waals surface area contributed by atoms with Crippen molar-refractivity contribution >= 4 is 0 Å². The first-order valence-corrected chi connectivity index (χ1v) is 5.19. The van der Waals surface area contributed by atoms with Gasteiger partial charge in [0.05, 0.1) is 6.04 Å². The van der Waals surface area contributed by atoms with Crippen LogP contribution < -0.4 is 5.73 Å². The van der Waals surface area contributed by atoms with Gasteiger partial charge < -0.3 is 10.3 Å². The van der Waals surface area contributed by atoms with Crippen LogP contribution in [0.15, 0.2) is 28.9 Å². The third kappa shape index (κ3) is 2.09. The van der Waals surface area contributed by atoms with Crippen LogP contribution in [-0.2, 0) is 0 Å². The van der Waals surface area contributed by atoms with Crippen LogP contribution in [0.2, 0.25) is 0 Å². The van der Waals surface area contributed by atoms with Gasteiger partial charge in [0.1, 0.15) is 5.69 Å². The number of nitrogens with zero attached hydrogens (tertiary/aromatic N) is 3. The van der Waals surface area contributed by atoms with E-state index in [1.165, 1.54) is 0 Å². The fourth-order valence-electron chi connectivity index (χ4n) is 1.25. The Hall–Kier alpha value is -1.75. The summed E-state index contributed by atoms with van der Waals surface area (Å²) in [6, 6.07) is 5.31. The van der Waals surface area contributed by atoms with Gasteiger partial charge in [-0.15, -0.1) is 0 Å². The van der Waals surface area contributed by atoms with Crippen molar-refractivity contribution in [2.75, 3.05) is 0 Å². The van der Waals surface area contributed by atoms with E-state index in [0.717, 1.165) is 0 Å². The van der Waals surface area contributed by atoms with Gasteiger partial charge in [-0.3, -0.25) is 4.98 Å². The minimum atomic E-state index is -0.232. The van der Waals surface area contributed by atoms with Crippen LogP contribution in [0, 0.1) is 5.92 Å². The van der Waals surface area contributed by atoms with Crippen molar-refractivity contribution in [3.05, 3.63) is 30.3 Å². The van der Waals surface area contributed by atoms with Crippen LogP contribution in [0.4, 0.5) is 0 Å². The first kappa shape index (κ1) is 10.8. The fourth-order valence-corrected chi connectivity index (χ4v) is 1.25. The largest absolute Gasteiger partial charge is 0.337 e. The molecule has 1 atom stereocenters. The van der Waals surface area contributed by atoms with Gasteiger partial charge in [0.15, 0.2) is 0 Å². The van der Waals surface area contributed by atoms with E-state index in [0.29, 0.717) is 17.4 Å². The lowest BCUT2D eigenvalue weighted by Crippen LogP contribution is -2.16. The van der Waals surface area contributed by atoms with Crippen molar-refractivity contribution < 1.29 is 4.52 Å². The zero-order chi connectivity index (χ0) is 11.5. The van der Waals surface area contributed by atoms with Crippen LogP contribution >= 0.6 is 0 Å². The highest BCUT2D eigenvalue weighted by molar-refractivity contribution is 5.47. The first-order chi connectivity index (χ1) is 7.68. The average molecular weight is 218 g/mol. The molecule has 0 amide bonds. The van der Waals surface area contributed by atoms with Crippen molar-refractivity contribution in [2.45, 2.75) is 19.9 Å². The maximum Gasteiger partial charge on any atom is 0.244 e. The lowest BCUT2D eigenvalue weighted by molar-refractivity contribution is 0.325. The molecule has 2 N–H and O–H groups in total. The Morgan fingerprint density at radius 3 is 2.75 bits per heavy atom. The predicted molar refractivity (Wildman–Crippen MR) is 59.3 cm³/mol. The second-order valence-electron chi connectivity index (χ2n) is 3.94. The molecule has 0 aliphatic rings. The summed E-state index contributed by atoms with van der Waals surface area (Å²) in [4.78, 5) is 8.38. The third-order valence-corrected chi connectivity index (χ3v) is 2.34. The van der Waals surface area contributed by atoms with Crippen molar-refractivity contribution in [3.8, 4) is 11.5 Å². The maximum absolute atomic E-state index is 5.91. The molecule has 0 aliphatic heterocycles. The smallest absolute Gasteiger partial charge is 0.244 e. The van der Waals surface area contributed by atoms with E-state index >= 15 is 0 Å². The van der Waals surface area contributed by atoms with E-state index in [9.17, 15) is 0 Å². The summed E-state index contributed by atoms with van der Waals surface area (Å²) in [6.07, 6.45) is 1.69. The Balaban J connectivity index is 2.27. The molecule has 0 radical (unpaired) electrons. The Kier molecular flexibility index (Phi) is 2.96. The van der Waals surface area contributed by atoms with Gasteiger partial charge in [0.2, 0.25) is 11.7 Å². The quantitative estimate of drug-likeness (QED) is 0.849. The molecule has 0 saturated heterocycles. The van der Waals surface area contributed by atoms with Crippen LogP contribution in [-0.4, -0.2) is 15.1 Å². The zero-order valence-electron chi connectivity index (χ0n) is 9.29. The standard InChI is InChI=1S/C11H14N4O/c1-7(2)9(12)11-14-10(15-16-11)8-5-3-4-6-13-8/h3-7,9H,12H2,1-2H3/t9-/m1/s1. The molecule has 0 aliphatic carbocycles. The van der Waals surface area contributed by atoms with Crippen LogP contribution in [0.1, 0.15) is 25.8 Å². The van der Waals surface area contributed by atoms with Crippen LogP contribution in [0.25, 0.3) is 11.5 Å². The number of rotatable bonds is 3. The Bertz CT molecular complexity index is 452. The third-order valence-electron chi connectivity index (χ3n) is 2.34. The number of hydrogen-bond donors (Lipinski definition) is 1.